The molecule has 0 bridgehead atoms. The number of carbonyl (C=O) groups excluding carboxylic acids is 1. The number of hydrogen-bond acceptors (Lipinski definition) is 4. The van der Waals surface area contributed by atoms with Crippen LogP contribution in [0.4, 0.5) is 0 Å². The highest BCUT2D eigenvalue weighted by Crippen LogP contribution is 2.28. The van der Waals surface area contributed by atoms with Gasteiger partial charge in [-0.05, 0) is 37.8 Å². The van der Waals surface area contributed by atoms with Crippen LogP contribution in [-0.2, 0) is 16.6 Å². The van der Waals surface area contributed by atoms with Gasteiger partial charge in [-0.25, -0.2) is 0 Å². The summed E-state index contributed by atoms with van der Waals surface area (Å²) in [5.74, 6) is 4.30. The fraction of sp³-hybridized carbons (Fsp3) is 0.684. The number of rotatable bonds is 5. The van der Waals surface area contributed by atoms with E-state index >= 15 is 0 Å². The standard InChI is InChI=1S/C19H29N3O2/c1-6-9-22(5)18(23)11-14-7-8-20-13-15(14)10-16-12-17(24-21-16)19(2,3)4/h1,12,14-15,20H,7-11,13H2,2-5H3/t14-,15+/m0/s1. The summed E-state index contributed by atoms with van der Waals surface area (Å²) in [5.41, 5.74) is 0.937. The molecule has 0 saturated carbocycles. The molecule has 1 aromatic heterocycles. The molecule has 1 fully saturated rings. The Bertz CT molecular complexity index is 594. The number of nitrogens with zero attached hydrogens (tertiary/aromatic N) is 2. The summed E-state index contributed by atoms with van der Waals surface area (Å²) < 4.78 is 5.49. The van der Waals surface area contributed by atoms with Crippen molar-refractivity contribution >= 4 is 5.91 Å². The summed E-state index contributed by atoms with van der Waals surface area (Å²) in [5, 5.41) is 7.66. The van der Waals surface area contributed by atoms with E-state index in [1.54, 1.807) is 11.9 Å². The lowest BCUT2D eigenvalue weighted by Crippen LogP contribution is -2.40. The lowest BCUT2D eigenvalue weighted by Gasteiger charge is -2.32. The van der Waals surface area contributed by atoms with Crippen molar-refractivity contribution in [3.8, 4) is 12.3 Å². The van der Waals surface area contributed by atoms with Crippen LogP contribution < -0.4 is 5.32 Å². The second-order valence-corrected chi connectivity index (χ2v) is 7.81. The van der Waals surface area contributed by atoms with Crippen LogP contribution in [0.25, 0.3) is 0 Å². The zero-order valence-electron chi connectivity index (χ0n) is 15.3. The molecule has 5 nitrogen and oxygen atoms in total. The Kier molecular flexibility index (Phi) is 6.06. The largest absolute Gasteiger partial charge is 0.361 e. The summed E-state index contributed by atoms with van der Waals surface area (Å²) in [4.78, 5) is 13.9. The van der Waals surface area contributed by atoms with Crippen molar-refractivity contribution in [2.75, 3.05) is 26.7 Å². The highest BCUT2D eigenvalue weighted by atomic mass is 16.5. The second kappa shape index (κ2) is 7.85. The number of aromatic nitrogens is 1. The molecule has 0 spiro atoms. The third kappa shape index (κ3) is 4.85. The van der Waals surface area contributed by atoms with Crippen molar-refractivity contribution in [1.29, 1.82) is 0 Å². The van der Waals surface area contributed by atoms with Crippen molar-refractivity contribution in [1.82, 2.24) is 15.4 Å². The van der Waals surface area contributed by atoms with Crippen LogP contribution >= 0.6 is 0 Å². The van der Waals surface area contributed by atoms with Gasteiger partial charge in [-0.15, -0.1) is 6.42 Å². The maximum absolute atomic E-state index is 12.3. The molecule has 1 aromatic rings. The zero-order chi connectivity index (χ0) is 17.7. The lowest BCUT2D eigenvalue weighted by atomic mass is 9.80. The molecule has 0 radical (unpaired) electrons. The third-order valence-electron chi connectivity index (χ3n) is 4.73. The van der Waals surface area contributed by atoms with Gasteiger partial charge in [0.25, 0.3) is 0 Å². The van der Waals surface area contributed by atoms with Gasteiger partial charge >= 0.3 is 0 Å². The molecule has 5 heteroatoms. The van der Waals surface area contributed by atoms with Gasteiger partial charge in [0.15, 0.2) is 0 Å². The van der Waals surface area contributed by atoms with Crippen LogP contribution in [0.15, 0.2) is 10.6 Å². The predicted molar refractivity (Wildman–Crippen MR) is 94.5 cm³/mol. The second-order valence-electron chi connectivity index (χ2n) is 7.81. The fourth-order valence-electron chi connectivity index (χ4n) is 3.12. The quantitative estimate of drug-likeness (QED) is 0.841. The van der Waals surface area contributed by atoms with Crippen LogP contribution in [0.3, 0.4) is 0 Å². The molecular formula is C19H29N3O2. The Labute approximate surface area is 145 Å². The number of piperidine rings is 1. The summed E-state index contributed by atoms with van der Waals surface area (Å²) in [6, 6.07) is 2.05. The topological polar surface area (TPSA) is 58.4 Å². The SMILES string of the molecule is C#CCN(C)C(=O)C[C@@H]1CCNC[C@H]1Cc1cc(C(C)(C)C)on1. The molecule has 1 aliphatic rings. The summed E-state index contributed by atoms with van der Waals surface area (Å²) in [6.45, 7) is 8.58. The van der Waals surface area contributed by atoms with Crippen LogP contribution in [0.2, 0.25) is 0 Å². The van der Waals surface area contributed by atoms with Gasteiger partial charge in [-0.3, -0.25) is 4.79 Å². The molecule has 2 atom stereocenters. The minimum atomic E-state index is -0.0383. The van der Waals surface area contributed by atoms with Crippen LogP contribution in [-0.4, -0.2) is 42.6 Å². The van der Waals surface area contributed by atoms with Gasteiger partial charge in [0.1, 0.15) is 5.76 Å². The highest BCUT2D eigenvalue weighted by molar-refractivity contribution is 5.76. The van der Waals surface area contributed by atoms with E-state index in [-0.39, 0.29) is 11.3 Å². The minimum absolute atomic E-state index is 0.0383. The Balaban J connectivity index is 2.00. The monoisotopic (exact) mass is 331 g/mol. The first-order valence-electron chi connectivity index (χ1n) is 8.65. The van der Waals surface area contributed by atoms with E-state index in [2.05, 4.69) is 43.2 Å². The zero-order valence-corrected chi connectivity index (χ0v) is 15.3. The van der Waals surface area contributed by atoms with E-state index in [9.17, 15) is 4.79 Å². The maximum atomic E-state index is 12.3. The van der Waals surface area contributed by atoms with Crippen molar-refractivity contribution in [2.45, 2.75) is 45.4 Å². The van der Waals surface area contributed by atoms with Gasteiger partial charge in [0, 0.05) is 24.9 Å². The molecule has 2 heterocycles. The predicted octanol–water partition coefficient (Wildman–Crippen LogP) is 2.22. The maximum Gasteiger partial charge on any atom is 0.223 e. The first-order chi connectivity index (χ1) is 11.3. The third-order valence-corrected chi connectivity index (χ3v) is 4.73. The van der Waals surface area contributed by atoms with Crippen molar-refractivity contribution in [3.63, 3.8) is 0 Å². The molecular weight excluding hydrogens is 302 g/mol. The molecule has 0 unspecified atom stereocenters. The van der Waals surface area contributed by atoms with Crippen molar-refractivity contribution in [2.24, 2.45) is 11.8 Å². The smallest absolute Gasteiger partial charge is 0.223 e. The normalized spacial score (nSPS) is 21.3. The Morgan fingerprint density at radius 1 is 1.50 bits per heavy atom. The van der Waals surface area contributed by atoms with Crippen molar-refractivity contribution in [3.05, 3.63) is 17.5 Å². The van der Waals surface area contributed by atoms with E-state index in [4.69, 9.17) is 10.9 Å². The van der Waals surface area contributed by atoms with Gasteiger partial charge in [-0.1, -0.05) is 31.8 Å². The average molecular weight is 331 g/mol. The molecule has 0 aromatic carbocycles. The van der Waals surface area contributed by atoms with Crippen LogP contribution in [0, 0.1) is 24.2 Å². The first-order valence-corrected chi connectivity index (χ1v) is 8.65. The summed E-state index contributed by atoms with van der Waals surface area (Å²) >= 11 is 0. The molecule has 1 saturated heterocycles. The van der Waals surface area contributed by atoms with E-state index in [0.29, 0.717) is 24.8 Å². The van der Waals surface area contributed by atoms with E-state index < -0.39 is 0 Å². The van der Waals surface area contributed by atoms with Gasteiger partial charge in [0.2, 0.25) is 5.91 Å². The average Bonchev–Trinajstić information content (AvgIpc) is 2.98. The summed E-state index contributed by atoms with van der Waals surface area (Å²) in [6.07, 6.45) is 7.69. The number of terminal acetylenes is 1. The molecule has 2 rings (SSSR count). The fourth-order valence-corrected chi connectivity index (χ4v) is 3.12. The number of carbonyl (C=O) groups is 1. The van der Waals surface area contributed by atoms with Gasteiger partial charge in [-0.2, -0.15) is 0 Å². The summed E-state index contributed by atoms with van der Waals surface area (Å²) in [7, 11) is 1.77. The Hall–Kier alpha value is -1.80. The minimum Gasteiger partial charge on any atom is -0.361 e. The van der Waals surface area contributed by atoms with Gasteiger partial charge in [0.05, 0.1) is 12.2 Å². The van der Waals surface area contributed by atoms with E-state index in [0.717, 1.165) is 37.4 Å². The molecule has 1 amide bonds. The molecule has 132 valence electrons. The van der Waals surface area contributed by atoms with Crippen LogP contribution in [0.1, 0.15) is 45.1 Å². The lowest BCUT2D eigenvalue weighted by molar-refractivity contribution is -0.131. The number of amides is 1. The van der Waals surface area contributed by atoms with Crippen LogP contribution in [0.5, 0.6) is 0 Å². The van der Waals surface area contributed by atoms with E-state index in [1.165, 1.54) is 0 Å². The molecule has 0 aliphatic carbocycles. The number of hydrogen-bond donors (Lipinski definition) is 1. The Morgan fingerprint density at radius 3 is 2.88 bits per heavy atom. The van der Waals surface area contributed by atoms with Crippen molar-refractivity contribution < 1.29 is 9.32 Å². The molecule has 1 N–H and O–H groups in total. The van der Waals surface area contributed by atoms with E-state index in [1.807, 2.05) is 0 Å². The molecule has 24 heavy (non-hydrogen) atoms. The van der Waals surface area contributed by atoms with Gasteiger partial charge < -0.3 is 14.7 Å². The highest BCUT2D eigenvalue weighted by Gasteiger charge is 2.29. The molecule has 1 aliphatic heterocycles. The number of nitrogens with one attached hydrogen (secondary N) is 1. The Morgan fingerprint density at radius 2 is 2.25 bits per heavy atom. The first kappa shape index (κ1) is 18.5.